The molecule has 4 aromatic rings. The standard InChI is InChI=1S/C20H18N8O4/c1-13-2-4-14(5-3-13)27-19-17(23-24-27)18(21-12-22-19)25-8-10-26(11-9-25)20(29)15-6-7-16(32-15)28(30)31/h2-7,12H,8-11H2,1H3. The molecular weight excluding hydrogens is 416 g/mol. The number of nitro groups is 1. The van der Waals surface area contributed by atoms with Gasteiger partial charge in [-0.05, 0) is 25.1 Å². The quantitative estimate of drug-likeness (QED) is 0.349. The Hall–Kier alpha value is -4.35. The van der Waals surface area contributed by atoms with E-state index in [9.17, 15) is 14.9 Å². The summed E-state index contributed by atoms with van der Waals surface area (Å²) in [7, 11) is 0. The molecule has 4 heterocycles. The fraction of sp³-hybridized carbons (Fsp3) is 0.250. The number of piperazine rings is 1. The molecule has 1 amide bonds. The molecular formula is C20H18N8O4. The average molecular weight is 434 g/mol. The van der Waals surface area contributed by atoms with Gasteiger partial charge in [0.25, 0.3) is 5.91 Å². The number of carbonyl (C=O) groups is 1. The molecule has 1 aliphatic heterocycles. The number of aryl methyl sites for hydroxylation is 1. The summed E-state index contributed by atoms with van der Waals surface area (Å²) in [5.74, 6) is -0.229. The lowest BCUT2D eigenvalue weighted by Gasteiger charge is -2.34. The van der Waals surface area contributed by atoms with Crippen molar-refractivity contribution >= 4 is 28.8 Å². The third-order valence-electron chi connectivity index (χ3n) is 5.35. The van der Waals surface area contributed by atoms with E-state index in [1.54, 1.807) is 9.58 Å². The number of furan rings is 1. The van der Waals surface area contributed by atoms with Gasteiger partial charge in [-0.2, -0.15) is 4.68 Å². The van der Waals surface area contributed by atoms with Crippen LogP contribution in [0.5, 0.6) is 0 Å². The number of anilines is 1. The third kappa shape index (κ3) is 3.41. The molecule has 0 spiro atoms. The molecule has 1 saturated heterocycles. The van der Waals surface area contributed by atoms with Crippen molar-refractivity contribution in [1.82, 2.24) is 29.9 Å². The van der Waals surface area contributed by atoms with Crippen LogP contribution in [-0.4, -0.2) is 66.9 Å². The van der Waals surface area contributed by atoms with Gasteiger partial charge >= 0.3 is 5.88 Å². The number of hydrogen-bond donors (Lipinski definition) is 0. The van der Waals surface area contributed by atoms with Gasteiger partial charge in [-0.15, -0.1) is 5.10 Å². The van der Waals surface area contributed by atoms with Gasteiger partial charge in [0.2, 0.25) is 0 Å². The molecule has 0 saturated carbocycles. The van der Waals surface area contributed by atoms with E-state index >= 15 is 0 Å². The van der Waals surface area contributed by atoms with Gasteiger partial charge in [0, 0.05) is 26.2 Å². The Kier molecular flexibility index (Phi) is 4.73. The Morgan fingerprint density at radius 1 is 1.06 bits per heavy atom. The van der Waals surface area contributed by atoms with E-state index in [-0.39, 0.29) is 11.7 Å². The molecule has 12 heteroatoms. The predicted molar refractivity (Wildman–Crippen MR) is 113 cm³/mol. The largest absolute Gasteiger partial charge is 0.433 e. The van der Waals surface area contributed by atoms with Crippen LogP contribution in [0.1, 0.15) is 16.1 Å². The molecule has 0 unspecified atom stereocenters. The summed E-state index contributed by atoms with van der Waals surface area (Å²) >= 11 is 0. The highest BCUT2D eigenvalue weighted by molar-refractivity contribution is 5.92. The lowest BCUT2D eigenvalue weighted by atomic mass is 10.2. The van der Waals surface area contributed by atoms with Crippen LogP contribution in [0.25, 0.3) is 16.9 Å². The monoisotopic (exact) mass is 434 g/mol. The minimum Gasteiger partial charge on any atom is -0.395 e. The third-order valence-corrected chi connectivity index (χ3v) is 5.35. The van der Waals surface area contributed by atoms with Crippen LogP contribution in [0.4, 0.5) is 11.7 Å². The number of carbonyl (C=O) groups excluding carboxylic acids is 1. The molecule has 3 aromatic heterocycles. The molecule has 0 aliphatic carbocycles. The highest BCUT2D eigenvalue weighted by atomic mass is 16.6. The van der Waals surface area contributed by atoms with Gasteiger partial charge in [-0.3, -0.25) is 14.9 Å². The molecule has 0 radical (unpaired) electrons. The van der Waals surface area contributed by atoms with Crippen LogP contribution in [0.15, 0.2) is 47.1 Å². The van der Waals surface area contributed by atoms with E-state index in [2.05, 4.69) is 20.3 Å². The minimum absolute atomic E-state index is 0.0457. The maximum absolute atomic E-state index is 12.6. The molecule has 1 fully saturated rings. The fourth-order valence-electron chi connectivity index (χ4n) is 3.65. The van der Waals surface area contributed by atoms with Gasteiger partial charge in [-0.1, -0.05) is 22.9 Å². The first-order valence-electron chi connectivity index (χ1n) is 9.93. The van der Waals surface area contributed by atoms with Crippen molar-refractivity contribution in [3.63, 3.8) is 0 Å². The highest BCUT2D eigenvalue weighted by Crippen LogP contribution is 2.24. The molecule has 1 aliphatic rings. The number of hydrogen-bond acceptors (Lipinski definition) is 9. The lowest BCUT2D eigenvalue weighted by Crippen LogP contribution is -2.49. The predicted octanol–water partition coefficient (Wildman–Crippen LogP) is 1.98. The van der Waals surface area contributed by atoms with Crippen LogP contribution in [0.2, 0.25) is 0 Å². The second kappa shape index (κ2) is 7.72. The van der Waals surface area contributed by atoms with Crippen LogP contribution < -0.4 is 4.90 Å². The fourth-order valence-corrected chi connectivity index (χ4v) is 3.65. The summed E-state index contributed by atoms with van der Waals surface area (Å²) in [6.45, 7) is 3.85. The van der Waals surface area contributed by atoms with E-state index in [1.165, 1.54) is 18.5 Å². The lowest BCUT2D eigenvalue weighted by molar-refractivity contribution is -0.402. The van der Waals surface area contributed by atoms with E-state index in [1.807, 2.05) is 36.1 Å². The zero-order valence-electron chi connectivity index (χ0n) is 17.1. The summed E-state index contributed by atoms with van der Waals surface area (Å²) in [4.78, 5) is 35.1. The Morgan fingerprint density at radius 2 is 1.81 bits per heavy atom. The van der Waals surface area contributed by atoms with E-state index < -0.39 is 10.8 Å². The summed E-state index contributed by atoms with van der Waals surface area (Å²) < 4.78 is 6.71. The first-order valence-corrected chi connectivity index (χ1v) is 9.93. The summed E-state index contributed by atoms with van der Waals surface area (Å²) in [6, 6.07) is 10.4. The maximum Gasteiger partial charge on any atom is 0.433 e. The van der Waals surface area contributed by atoms with Crippen molar-refractivity contribution in [2.45, 2.75) is 6.92 Å². The Bertz CT molecular complexity index is 1300. The number of benzene rings is 1. The SMILES string of the molecule is Cc1ccc(-n2nnc3c(N4CCN(C(=O)c5ccc([N+](=O)[O-])o5)CC4)ncnc32)cc1. The molecule has 12 nitrogen and oxygen atoms in total. The second-order valence-electron chi connectivity index (χ2n) is 7.38. The topological polar surface area (TPSA) is 136 Å². The maximum atomic E-state index is 12.6. The molecule has 32 heavy (non-hydrogen) atoms. The Labute approximate surface area is 181 Å². The second-order valence-corrected chi connectivity index (χ2v) is 7.38. The first-order chi connectivity index (χ1) is 15.5. The number of aromatic nitrogens is 5. The summed E-state index contributed by atoms with van der Waals surface area (Å²) in [6.07, 6.45) is 1.48. The van der Waals surface area contributed by atoms with Gasteiger partial charge < -0.3 is 14.2 Å². The van der Waals surface area contributed by atoms with Crippen LogP contribution >= 0.6 is 0 Å². The van der Waals surface area contributed by atoms with Gasteiger partial charge in [0.15, 0.2) is 22.7 Å². The first kappa shape index (κ1) is 19.6. The molecule has 5 rings (SSSR count). The van der Waals surface area contributed by atoms with Crippen molar-refractivity contribution in [3.05, 3.63) is 64.2 Å². The van der Waals surface area contributed by atoms with Crippen LogP contribution in [-0.2, 0) is 0 Å². The molecule has 162 valence electrons. The molecule has 0 bridgehead atoms. The van der Waals surface area contributed by atoms with Crippen molar-refractivity contribution in [2.24, 2.45) is 0 Å². The summed E-state index contributed by atoms with van der Waals surface area (Å²) in [5, 5.41) is 19.3. The zero-order chi connectivity index (χ0) is 22.2. The molecule has 0 atom stereocenters. The van der Waals surface area contributed by atoms with Gasteiger partial charge in [0.1, 0.15) is 11.3 Å². The number of amides is 1. The number of fused-ring (bicyclic) bond motifs is 1. The Morgan fingerprint density at radius 3 is 2.50 bits per heavy atom. The van der Waals surface area contributed by atoms with Crippen LogP contribution in [0.3, 0.4) is 0 Å². The normalized spacial score (nSPS) is 14.2. The highest BCUT2D eigenvalue weighted by Gasteiger charge is 2.28. The van der Waals surface area contributed by atoms with Gasteiger partial charge in [0.05, 0.1) is 11.8 Å². The number of nitrogens with zero attached hydrogens (tertiary/aromatic N) is 8. The Balaban J connectivity index is 1.34. The zero-order valence-corrected chi connectivity index (χ0v) is 17.1. The van der Waals surface area contributed by atoms with E-state index in [0.29, 0.717) is 43.2 Å². The van der Waals surface area contributed by atoms with Crippen molar-refractivity contribution in [2.75, 3.05) is 31.1 Å². The van der Waals surface area contributed by atoms with Crippen molar-refractivity contribution in [3.8, 4) is 5.69 Å². The smallest absolute Gasteiger partial charge is 0.395 e. The molecule has 1 aromatic carbocycles. The van der Waals surface area contributed by atoms with Crippen LogP contribution in [0, 0.1) is 17.0 Å². The van der Waals surface area contributed by atoms with Crippen molar-refractivity contribution in [1.29, 1.82) is 0 Å². The number of rotatable bonds is 4. The average Bonchev–Trinajstić information content (AvgIpc) is 3.47. The molecule has 0 N–H and O–H groups in total. The minimum atomic E-state index is -0.668. The van der Waals surface area contributed by atoms with Gasteiger partial charge in [-0.25, -0.2) is 9.97 Å². The van der Waals surface area contributed by atoms with Crippen molar-refractivity contribution < 1.29 is 14.1 Å². The van der Waals surface area contributed by atoms with E-state index in [0.717, 1.165) is 11.3 Å². The summed E-state index contributed by atoms with van der Waals surface area (Å²) in [5.41, 5.74) is 3.17. The van der Waals surface area contributed by atoms with E-state index in [4.69, 9.17) is 4.42 Å².